The van der Waals surface area contributed by atoms with E-state index in [-0.39, 0.29) is 0 Å². The van der Waals surface area contributed by atoms with Gasteiger partial charge in [0.2, 0.25) is 5.89 Å². The fourth-order valence-corrected chi connectivity index (χ4v) is 3.32. The number of benzene rings is 2. The smallest absolute Gasteiger partial charge is 0.209 e. The average Bonchev–Trinajstić information content (AvgIpc) is 3.08. The molecule has 3 heteroatoms. The zero-order chi connectivity index (χ0) is 16.2. The van der Waals surface area contributed by atoms with E-state index < -0.39 is 0 Å². The van der Waals surface area contributed by atoms with Gasteiger partial charge in [-0.3, -0.25) is 4.90 Å². The second kappa shape index (κ2) is 7.02. The Morgan fingerprint density at radius 1 is 0.792 bits per heavy atom. The Bertz CT molecular complexity index is 717. The van der Waals surface area contributed by atoms with E-state index in [0.29, 0.717) is 0 Å². The van der Waals surface area contributed by atoms with Crippen molar-refractivity contribution in [2.24, 2.45) is 0 Å². The molecule has 1 aliphatic rings. The summed E-state index contributed by atoms with van der Waals surface area (Å²) in [7, 11) is 0. The Morgan fingerprint density at radius 3 is 2.08 bits per heavy atom. The molecule has 0 atom stereocenters. The van der Waals surface area contributed by atoms with Crippen LogP contribution in [-0.4, -0.2) is 23.0 Å². The molecule has 3 aromatic rings. The van der Waals surface area contributed by atoms with Gasteiger partial charge in [-0.2, -0.15) is 0 Å². The summed E-state index contributed by atoms with van der Waals surface area (Å²) >= 11 is 0. The normalized spacial score (nSPS) is 15.5. The van der Waals surface area contributed by atoms with Crippen molar-refractivity contribution < 1.29 is 4.42 Å². The van der Waals surface area contributed by atoms with E-state index in [0.717, 1.165) is 48.1 Å². The van der Waals surface area contributed by atoms with Gasteiger partial charge in [0, 0.05) is 11.1 Å². The second-order valence-electron chi connectivity index (χ2n) is 6.35. The molecule has 0 saturated carbocycles. The topological polar surface area (TPSA) is 29.3 Å². The van der Waals surface area contributed by atoms with E-state index in [1.807, 2.05) is 36.4 Å². The maximum atomic E-state index is 6.21. The van der Waals surface area contributed by atoms with Gasteiger partial charge in [-0.25, -0.2) is 4.98 Å². The van der Waals surface area contributed by atoms with Crippen LogP contribution in [0.1, 0.15) is 25.2 Å². The first-order chi connectivity index (χ1) is 11.9. The molecule has 4 rings (SSSR count). The fourth-order valence-electron chi connectivity index (χ4n) is 3.32. The van der Waals surface area contributed by atoms with Crippen LogP contribution in [0.4, 0.5) is 0 Å². The third-order valence-electron chi connectivity index (χ3n) is 4.56. The lowest BCUT2D eigenvalue weighted by molar-refractivity contribution is 0.202. The first kappa shape index (κ1) is 15.2. The van der Waals surface area contributed by atoms with Crippen molar-refractivity contribution in [1.29, 1.82) is 0 Å². The molecule has 0 aliphatic carbocycles. The molecule has 0 unspecified atom stereocenters. The Labute approximate surface area is 143 Å². The van der Waals surface area contributed by atoms with Crippen LogP contribution in [0.2, 0.25) is 0 Å². The predicted octanol–water partition coefficient (Wildman–Crippen LogP) is 4.99. The van der Waals surface area contributed by atoms with Crippen molar-refractivity contribution in [3.63, 3.8) is 0 Å². The minimum atomic E-state index is 0.798. The van der Waals surface area contributed by atoms with Gasteiger partial charge in [0.25, 0.3) is 0 Å². The van der Waals surface area contributed by atoms with Crippen LogP contribution in [0, 0.1) is 0 Å². The molecule has 2 aromatic carbocycles. The third-order valence-corrected chi connectivity index (χ3v) is 4.56. The lowest BCUT2D eigenvalue weighted by Gasteiger charge is -2.24. The molecule has 1 saturated heterocycles. The summed E-state index contributed by atoms with van der Waals surface area (Å²) in [6.45, 7) is 3.08. The van der Waals surface area contributed by atoms with E-state index in [2.05, 4.69) is 29.2 Å². The summed E-state index contributed by atoms with van der Waals surface area (Å²) in [5, 5.41) is 0. The van der Waals surface area contributed by atoms with Crippen molar-refractivity contribution >= 4 is 0 Å². The minimum absolute atomic E-state index is 0.798. The van der Waals surface area contributed by atoms with Crippen molar-refractivity contribution in [2.75, 3.05) is 13.1 Å². The Kier molecular flexibility index (Phi) is 4.43. The highest BCUT2D eigenvalue weighted by molar-refractivity contribution is 5.76. The lowest BCUT2D eigenvalue weighted by atomic mass is 10.1. The molecule has 0 radical (unpaired) electrons. The summed E-state index contributed by atoms with van der Waals surface area (Å²) in [5.41, 5.74) is 3.12. The van der Waals surface area contributed by atoms with Gasteiger partial charge < -0.3 is 4.42 Å². The monoisotopic (exact) mass is 318 g/mol. The molecule has 1 fully saturated rings. The highest BCUT2D eigenvalue weighted by Gasteiger charge is 2.19. The number of hydrogen-bond acceptors (Lipinski definition) is 3. The molecule has 122 valence electrons. The van der Waals surface area contributed by atoms with Crippen LogP contribution in [-0.2, 0) is 6.54 Å². The highest BCUT2D eigenvalue weighted by Crippen LogP contribution is 2.33. The van der Waals surface area contributed by atoms with Crippen molar-refractivity contribution in [3.8, 4) is 22.6 Å². The number of hydrogen-bond donors (Lipinski definition) is 0. The number of nitrogens with zero attached hydrogens (tertiary/aromatic N) is 2. The Balaban J connectivity index is 1.70. The molecule has 1 aromatic heterocycles. The van der Waals surface area contributed by atoms with Gasteiger partial charge in [0.05, 0.1) is 6.54 Å². The zero-order valence-electron chi connectivity index (χ0n) is 13.8. The quantitative estimate of drug-likeness (QED) is 0.678. The SMILES string of the molecule is c1ccc(-c2nc(CN3CCCCC3)oc2-c2ccccc2)cc1. The van der Waals surface area contributed by atoms with Crippen molar-refractivity contribution in [2.45, 2.75) is 25.8 Å². The highest BCUT2D eigenvalue weighted by atomic mass is 16.4. The largest absolute Gasteiger partial charge is 0.439 e. The van der Waals surface area contributed by atoms with E-state index in [1.165, 1.54) is 19.3 Å². The van der Waals surface area contributed by atoms with E-state index in [4.69, 9.17) is 9.40 Å². The van der Waals surface area contributed by atoms with Crippen LogP contribution in [0.15, 0.2) is 65.1 Å². The molecule has 1 aliphatic heterocycles. The summed E-state index contributed by atoms with van der Waals surface area (Å²) in [5.74, 6) is 1.68. The Morgan fingerprint density at radius 2 is 1.42 bits per heavy atom. The zero-order valence-corrected chi connectivity index (χ0v) is 13.8. The summed E-state index contributed by atoms with van der Waals surface area (Å²) in [6, 6.07) is 20.6. The van der Waals surface area contributed by atoms with Crippen LogP contribution in [0.25, 0.3) is 22.6 Å². The van der Waals surface area contributed by atoms with Crippen molar-refractivity contribution in [1.82, 2.24) is 9.88 Å². The van der Waals surface area contributed by atoms with Crippen LogP contribution in [0.5, 0.6) is 0 Å². The summed E-state index contributed by atoms with van der Waals surface area (Å²) in [4.78, 5) is 7.29. The summed E-state index contributed by atoms with van der Waals surface area (Å²) in [6.07, 6.45) is 3.89. The van der Waals surface area contributed by atoms with Gasteiger partial charge in [-0.1, -0.05) is 67.1 Å². The molecule has 2 heterocycles. The summed E-state index contributed by atoms with van der Waals surface area (Å²) < 4.78 is 6.21. The molecule has 0 amide bonds. The minimum Gasteiger partial charge on any atom is -0.439 e. The number of piperidine rings is 1. The molecule has 24 heavy (non-hydrogen) atoms. The van der Waals surface area contributed by atoms with Gasteiger partial charge in [-0.15, -0.1) is 0 Å². The maximum Gasteiger partial charge on any atom is 0.209 e. The van der Waals surface area contributed by atoms with E-state index in [9.17, 15) is 0 Å². The predicted molar refractivity (Wildman–Crippen MR) is 96.5 cm³/mol. The maximum absolute atomic E-state index is 6.21. The van der Waals surface area contributed by atoms with E-state index >= 15 is 0 Å². The first-order valence-corrected chi connectivity index (χ1v) is 8.73. The average molecular weight is 318 g/mol. The van der Waals surface area contributed by atoms with E-state index in [1.54, 1.807) is 0 Å². The number of rotatable bonds is 4. The molecular formula is C21H22N2O. The standard InChI is InChI=1S/C21H22N2O/c1-4-10-17(11-5-1)20-21(18-12-6-2-7-13-18)24-19(22-20)16-23-14-8-3-9-15-23/h1-2,4-7,10-13H,3,8-9,14-16H2. The van der Waals surface area contributed by atoms with Gasteiger partial charge in [-0.05, 0) is 25.9 Å². The molecular weight excluding hydrogens is 296 g/mol. The molecule has 0 spiro atoms. The number of aromatic nitrogens is 1. The molecule has 0 bridgehead atoms. The third kappa shape index (κ3) is 3.26. The van der Waals surface area contributed by atoms with Gasteiger partial charge >= 0.3 is 0 Å². The molecule has 0 N–H and O–H groups in total. The fraction of sp³-hybridized carbons (Fsp3) is 0.286. The number of oxazole rings is 1. The molecule has 3 nitrogen and oxygen atoms in total. The first-order valence-electron chi connectivity index (χ1n) is 8.73. The van der Waals surface area contributed by atoms with Crippen molar-refractivity contribution in [3.05, 3.63) is 66.6 Å². The van der Waals surface area contributed by atoms with Gasteiger partial charge in [0.1, 0.15) is 5.69 Å². The Hall–Kier alpha value is -2.39. The second-order valence-corrected chi connectivity index (χ2v) is 6.35. The lowest BCUT2D eigenvalue weighted by Crippen LogP contribution is -2.29. The van der Waals surface area contributed by atoms with Crippen LogP contribution in [0.3, 0.4) is 0 Å². The van der Waals surface area contributed by atoms with Crippen LogP contribution >= 0.6 is 0 Å². The number of likely N-dealkylation sites (tertiary alicyclic amines) is 1. The van der Waals surface area contributed by atoms with Crippen LogP contribution < -0.4 is 0 Å². The van der Waals surface area contributed by atoms with Gasteiger partial charge in [0.15, 0.2) is 5.76 Å².